The van der Waals surface area contributed by atoms with Gasteiger partial charge in [0.1, 0.15) is 18.2 Å². The minimum absolute atomic E-state index is 0.582. The largest absolute Gasteiger partial charge is 0.333 e. The van der Waals surface area contributed by atoms with Crippen molar-refractivity contribution in [1.29, 1.82) is 0 Å². The maximum Gasteiger partial charge on any atom is 0.176 e. The quantitative estimate of drug-likeness (QED) is 0.794. The number of hydrogen-bond donors (Lipinski definition) is 0. The summed E-state index contributed by atoms with van der Waals surface area (Å²) in [6, 6.07) is 0. The molecule has 0 saturated heterocycles. The predicted octanol–water partition coefficient (Wildman–Crippen LogP) is 2.82. The molecule has 3 aliphatic heterocycles. The van der Waals surface area contributed by atoms with Gasteiger partial charge < -0.3 is 4.90 Å². The lowest BCUT2D eigenvalue weighted by molar-refractivity contribution is -0.0970. The second kappa shape index (κ2) is 4.94. The Morgan fingerprint density at radius 1 is 1.30 bits per heavy atom. The van der Waals surface area contributed by atoms with E-state index in [2.05, 4.69) is 47.0 Å². The summed E-state index contributed by atoms with van der Waals surface area (Å²) in [5.74, 6) is 2.57. The topological polar surface area (TPSA) is 43.7 Å². The van der Waals surface area contributed by atoms with E-state index >= 15 is 0 Å². The molecule has 0 spiro atoms. The summed E-state index contributed by atoms with van der Waals surface area (Å²) in [4.78, 5) is 9.74. The van der Waals surface area contributed by atoms with Crippen molar-refractivity contribution >= 4 is 0 Å². The second-order valence-electron chi connectivity index (χ2n) is 5.83. The molecule has 3 rings (SSSR count). The van der Waals surface area contributed by atoms with Crippen molar-refractivity contribution in [3.63, 3.8) is 0 Å². The Bertz CT molecular complexity index is 532. The van der Waals surface area contributed by atoms with Crippen LogP contribution in [0.15, 0.2) is 45.5 Å². The van der Waals surface area contributed by atoms with Crippen molar-refractivity contribution in [2.45, 2.75) is 27.2 Å². The summed E-state index contributed by atoms with van der Waals surface area (Å²) in [7, 11) is 1.67. The maximum atomic E-state index is 5.28. The molecule has 20 heavy (non-hydrogen) atoms. The van der Waals surface area contributed by atoms with Crippen LogP contribution >= 0.6 is 0 Å². The van der Waals surface area contributed by atoms with Crippen LogP contribution in [0.1, 0.15) is 27.2 Å². The molecule has 0 unspecified atom stereocenters. The Labute approximate surface area is 119 Å². The number of allylic oxidation sites excluding steroid dienone is 1. The zero-order valence-corrected chi connectivity index (χ0v) is 12.5. The fraction of sp³-hybridized carbons (Fsp3) is 0.571. The number of fused-ring (bicyclic) bond motifs is 2. The Hall–Kier alpha value is -1.82. The Morgan fingerprint density at radius 2 is 2.10 bits per heavy atom. The van der Waals surface area contributed by atoms with Gasteiger partial charge in [0, 0.05) is 19.2 Å². The van der Waals surface area contributed by atoms with Gasteiger partial charge in [0.15, 0.2) is 5.82 Å². The standard InChI is InChI=1S/C14H21N5O/c1-10(2)6-17-7-11(3)5-12-14(17)19-9-18(20-4)8-13(19)16-15-12/h7-8,10H,5-6,9H2,1-4H3. The van der Waals surface area contributed by atoms with Crippen molar-refractivity contribution in [2.24, 2.45) is 16.1 Å². The lowest BCUT2D eigenvalue weighted by atomic mass is 10.1. The third kappa shape index (κ3) is 2.20. The highest BCUT2D eigenvalue weighted by atomic mass is 16.7. The average molecular weight is 275 g/mol. The number of hydrogen-bond acceptors (Lipinski definition) is 6. The van der Waals surface area contributed by atoms with Crippen LogP contribution in [-0.2, 0) is 4.84 Å². The van der Waals surface area contributed by atoms with Gasteiger partial charge in [0.2, 0.25) is 0 Å². The van der Waals surface area contributed by atoms with Crippen LogP contribution in [0.5, 0.6) is 0 Å². The fourth-order valence-electron chi connectivity index (χ4n) is 2.73. The van der Waals surface area contributed by atoms with Crippen molar-refractivity contribution in [1.82, 2.24) is 14.9 Å². The molecule has 0 atom stereocenters. The predicted molar refractivity (Wildman–Crippen MR) is 75.4 cm³/mol. The molecule has 0 saturated carbocycles. The van der Waals surface area contributed by atoms with Crippen molar-refractivity contribution < 1.29 is 4.84 Å². The Kier molecular flexibility index (Phi) is 3.25. The van der Waals surface area contributed by atoms with Crippen molar-refractivity contribution in [3.8, 4) is 0 Å². The van der Waals surface area contributed by atoms with Gasteiger partial charge in [-0.15, -0.1) is 10.2 Å². The highest BCUT2D eigenvalue weighted by Gasteiger charge is 2.34. The van der Waals surface area contributed by atoms with E-state index in [0.29, 0.717) is 12.6 Å². The first-order valence-electron chi connectivity index (χ1n) is 6.97. The summed E-state index contributed by atoms with van der Waals surface area (Å²) >= 11 is 0. The summed E-state index contributed by atoms with van der Waals surface area (Å²) in [6.07, 6.45) is 4.98. The smallest absolute Gasteiger partial charge is 0.176 e. The summed E-state index contributed by atoms with van der Waals surface area (Å²) < 4.78 is 0. The maximum absolute atomic E-state index is 5.28. The first-order valence-corrected chi connectivity index (χ1v) is 6.97. The zero-order valence-electron chi connectivity index (χ0n) is 12.5. The Morgan fingerprint density at radius 3 is 2.80 bits per heavy atom. The lowest BCUT2D eigenvalue weighted by Gasteiger charge is -2.37. The second-order valence-corrected chi connectivity index (χ2v) is 5.83. The van der Waals surface area contributed by atoms with E-state index in [1.807, 2.05) is 6.20 Å². The van der Waals surface area contributed by atoms with E-state index in [1.165, 1.54) is 5.57 Å². The molecule has 0 fully saturated rings. The molecule has 0 radical (unpaired) electrons. The average Bonchev–Trinajstić information content (AvgIpc) is 2.80. The minimum Gasteiger partial charge on any atom is -0.333 e. The summed E-state index contributed by atoms with van der Waals surface area (Å²) in [5, 5.41) is 10.5. The number of azo groups is 1. The van der Waals surface area contributed by atoms with E-state index in [9.17, 15) is 0 Å². The minimum atomic E-state index is 0.582. The van der Waals surface area contributed by atoms with Crippen LogP contribution in [0.4, 0.5) is 0 Å². The van der Waals surface area contributed by atoms with E-state index in [4.69, 9.17) is 4.84 Å². The van der Waals surface area contributed by atoms with Gasteiger partial charge in [-0.1, -0.05) is 19.4 Å². The van der Waals surface area contributed by atoms with Crippen LogP contribution in [0, 0.1) is 5.92 Å². The first kappa shape index (κ1) is 13.2. The molecule has 0 amide bonds. The molecule has 6 nitrogen and oxygen atoms in total. The normalized spacial score (nSPS) is 21.4. The van der Waals surface area contributed by atoms with E-state index in [0.717, 1.165) is 30.3 Å². The van der Waals surface area contributed by atoms with Crippen LogP contribution in [-0.4, -0.2) is 35.2 Å². The molecule has 0 N–H and O–H groups in total. The van der Waals surface area contributed by atoms with E-state index < -0.39 is 0 Å². The molecule has 0 aromatic rings. The van der Waals surface area contributed by atoms with Gasteiger partial charge in [0.25, 0.3) is 0 Å². The van der Waals surface area contributed by atoms with Crippen molar-refractivity contribution in [2.75, 3.05) is 20.3 Å². The first-order chi connectivity index (χ1) is 9.58. The zero-order chi connectivity index (χ0) is 14.3. The highest BCUT2D eigenvalue weighted by Crippen LogP contribution is 2.37. The molecule has 6 heteroatoms. The van der Waals surface area contributed by atoms with Crippen LogP contribution in [0.25, 0.3) is 0 Å². The molecular weight excluding hydrogens is 254 g/mol. The van der Waals surface area contributed by atoms with Gasteiger partial charge in [-0.3, -0.25) is 9.74 Å². The monoisotopic (exact) mass is 275 g/mol. The SMILES string of the molecule is CON1C=C2N=NC3=C(N(CC(C)C)C=C(C)C3)N2C1. The van der Waals surface area contributed by atoms with Gasteiger partial charge in [-0.2, -0.15) is 0 Å². The van der Waals surface area contributed by atoms with E-state index in [-0.39, 0.29) is 0 Å². The van der Waals surface area contributed by atoms with Gasteiger partial charge in [0.05, 0.1) is 13.3 Å². The molecule has 3 aliphatic rings. The third-order valence-electron chi connectivity index (χ3n) is 3.49. The number of rotatable bonds is 3. The van der Waals surface area contributed by atoms with Crippen LogP contribution < -0.4 is 0 Å². The van der Waals surface area contributed by atoms with E-state index in [1.54, 1.807) is 12.2 Å². The highest BCUT2D eigenvalue weighted by molar-refractivity contribution is 5.31. The van der Waals surface area contributed by atoms with Crippen molar-refractivity contribution in [3.05, 3.63) is 35.3 Å². The third-order valence-corrected chi connectivity index (χ3v) is 3.49. The molecule has 0 bridgehead atoms. The molecule has 0 aromatic carbocycles. The fourth-order valence-corrected chi connectivity index (χ4v) is 2.73. The van der Waals surface area contributed by atoms with Gasteiger partial charge >= 0.3 is 0 Å². The summed E-state index contributed by atoms with van der Waals surface area (Å²) in [6.45, 7) is 8.23. The van der Waals surface area contributed by atoms with Gasteiger partial charge in [-0.25, -0.2) is 5.06 Å². The van der Waals surface area contributed by atoms with Crippen LogP contribution in [0.3, 0.4) is 0 Å². The molecule has 3 heterocycles. The molecule has 0 aliphatic carbocycles. The molecule has 0 aromatic heterocycles. The molecule has 108 valence electrons. The summed E-state index contributed by atoms with van der Waals surface area (Å²) in [5.41, 5.74) is 2.36. The lowest BCUT2D eigenvalue weighted by Crippen LogP contribution is -2.38. The van der Waals surface area contributed by atoms with Crippen LogP contribution in [0.2, 0.25) is 0 Å². The number of nitrogens with zero attached hydrogens (tertiary/aromatic N) is 5. The van der Waals surface area contributed by atoms with Gasteiger partial charge in [-0.05, 0) is 12.8 Å². The number of hydroxylamine groups is 2. The Balaban J connectivity index is 1.94. The molecular formula is C14H21N5O.